The highest BCUT2D eigenvalue weighted by molar-refractivity contribution is 5.32. The lowest BCUT2D eigenvalue weighted by atomic mass is 9.91. The van der Waals surface area contributed by atoms with Crippen LogP contribution in [-0.2, 0) is 0 Å². The van der Waals surface area contributed by atoms with Gasteiger partial charge in [0, 0.05) is 6.54 Å². The van der Waals surface area contributed by atoms with Crippen LogP contribution in [0.4, 0.5) is 0 Å². The maximum Gasteiger partial charge on any atom is 0.0764 e. The minimum atomic E-state index is -0.355. The van der Waals surface area contributed by atoms with E-state index in [4.69, 9.17) is 0 Å². The normalized spacial score (nSPS) is 24.3. The molecule has 0 aromatic heterocycles. The standard InChI is InChI=1S/C13H19NO/c1-10(15)12-5-3-4-6-13(12)11-7-8-14(2)9-11/h3-6,10-11,15H,7-9H2,1-2H3. The number of rotatable bonds is 2. The molecule has 2 atom stereocenters. The molecule has 1 aliphatic heterocycles. The Kier molecular flexibility index (Phi) is 3.08. The zero-order chi connectivity index (χ0) is 10.8. The lowest BCUT2D eigenvalue weighted by molar-refractivity contribution is 0.197. The number of nitrogens with zero attached hydrogens (tertiary/aromatic N) is 1. The number of hydrogen-bond donors (Lipinski definition) is 1. The molecule has 15 heavy (non-hydrogen) atoms. The highest BCUT2D eigenvalue weighted by Gasteiger charge is 2.23. The molecule has 2 nitrogen and oxygen atoms in total. The fourth-order valence-electron chi connectivity index (χ4n) is 2.45. The second-order valence-corrected chi connectivity index (χ2v) is 4.55. The first kappa shape index (κ1) is 10.7. The van der Waals surface area contributed by atoms with E-state index >= 15 is 0 Å². The molecule has 0 spiro atoms. The Morgan fingerprint density at radius 1 is 1.40 bits per heavy atom. The maximum atomic E-state index is 9.72. The molecule has 0 amide bonds. The molecule has 1 heterocycles. The van der Waals surface area contributed by atoms with Gasteiger partial charge in [-0.15, -0.1) is 0 Å². The van der Waals surface area contributed by atoms with Gasteiger partial charge in [0.1, 0.15) is 0 Å². The molecular formula is C13H19NO. The van der Waals surface area contributed by atoms with Crippen molar-refractivity contribution in [1.29, 1.82) is 0 Å². The van der Waals surface area contributed by atoms with E-state index in [-0.39, 0.29) is 6.10 Å². The lowest BCUT2D eigenvalue weighted by Gasteiger charge is -2.17. The molecule has 2 rings (SSSR count). The smallest absolute Gasteiger partial charge is 0.0764 e. The van der Waals surface area contributed by atoms with Gasteiger partial charge in [-0.05, 0) is 44.0 Å². The van der Waals surface area contributed by atoms with Crippen molar-refractivity contribution in [2.45, 2.75) is 25.4 Å². The molecule has 82 valence electrons. The Morgan fingerprint density at radius 2 is 2.13 bits per heavy atom. The summed E-state index contributed by atoms with van der Waals surface area (Å²) < 4.78 is 0. The molecule has 1 fully saturated rings. The Hall–Kier alpha value is -0.860. The second-order valence-electron chi connectivity index (χ2n) is 4.55. The van der Waals surface area contributed by atoms with Crippen LogP contribution in [0.25, 0.3) is 0 Å². The van der Waals surface area contributed by atoms with Crippen LogP contribution in [0, 0.1) is 0 Å². The van der Waals surface area contributed by atoms with Crippen molar-refractivity contribution in [1.82, 2.24) is 4.90 Å². The molecule has 1 N–H and O–H groups in total. The minimum absolute atomic E-state index is 0.355. The summed E-state index contributed by atoms with van der Waals surface area (Å²) in [4.78, 5) is 2.35. The Balaban J connectivity index is 2.27. The zero-order valence-corrected chi connectivity index (χ0v) is 9.48. The average Bonchev–Trinajstić information content (AvgIpc) is 2.65. The molecule has 1 aliphatic rings. The van der Waals surface area contributed by atoms with E-state index in [1.165, 1.54) is 18.5 Å². The number of aliphatic hydroxyl groups is 1. The van der Waals surface area contributed by atoms with Crippen LogP contribution in [0.5, 0.6) is 0 Å². The van der Waals surface area contributed by atoms with Gasteiger partial charge in [0.2, 0.25) is 0 Å². The molecule has 0 saturated carbocycles. The summed E-state index contributed by atoms with van der Waals surface area (Å²) >= 11 is 0. The summed E-state index contributed by atoms with van der Waals surface area (Å²) in [6, 6.07) is 8.27. The van der Waals surface area contributed by atoms with Crippen LogP contribution < -0.4 is 0 Å². The van der Waals surface area contributed by atoms with Crippen LogP contribution in [0.1, 0.15) is 36.5 Å². The van der Waals surface area contributed by atoms with Gasteiger partial charge in [0.05, 0.1) is 6.10 Å². The van der Waals surface area contributed by atoms with Crippen molar-refractivity contribution in [2.75, 3.05) is 20.1 Å². The summed E-state index contributed by atoms with van der Waals surface area (Å²) in [7, 11) is 2.16. The SMILES string of the molecule is CC(O)c1ccccc1C1CCN(C)C1. The van der Waals surface area contributed by atoms with Gasteiger partial charge in [0.15, 0.2) is 0 Å². The van der Waals surface area contributed by atoms with Gasteiger partial charge < -0.3 is 10.0 Å². The van der Waals surface area contributed by atoms with E-state index < -0.39 is 0 Å². The van der Waals surface area contributed by atoms with Crippen molar-refractivity contribution >= 4 is 0 Å². The van der Waals surface area contributed by atoms with E-state index in [2.05, 4.69) is 24.1 Å². The molecule has 1 saturated heterocycles. The quantitative estimate of drug-likeness (QED) is 0.799. The van der Waals surface area contributed by atoms with Crippen LogP contribution in [-0.4, -0.2) is 30.1 Å². The summed E-state index contributed by atoms with van der Waals surface area (Å²) in [5, 5.41) is 9.72. The summed E-state index contributed by atoms with van der Waals surface area (Å²) in [5.41, 5.74) is 2.43. The molecular weight excluding hydrogens is 186 g/mol. The van der Waals surface area contributed by atoms with Crippen molar-refractivity contribution in [3.63, 3.8) is 0 Å². The zero-order valence-electron chi connectivity index (χ0n) is 9.48. The number of benzene rings is 1. The molecule has 2 unspecified atom stereocenters. The molecule has 0 bridgehead atoms. The molecule has 2 heteroatoms. The fourth-order valence-corrected chi connectivity index (χ4v) is 2.45. The van der Waals surface area contributed by atoms with Gasteiger partial charge in [-0.2, -0.15) is 0 Å². The van der Waals surface area contributed by atoms with E-state index in [0.717, 1.165) is 12.1 Å². The Labute approximate surface area is 91.5 Å². The van der Waals surface area contributed by atoms with Crippen molar-refractivity contribution in [3.8, 4) is 0 Å². The Bertz CT molecular complexity index is 335. The summed E-state index contributed by atoms with van der Waals surface area (Å²) in [6.07, 6.45) is 0.854. The van der Waals surface area contributed by atoms with E-state index in [9.17, 15) is 5.11 Å². The van der Waals surface area contributed by atoms with Crippen LogP contribution in [0.3, 0.4) is 0 Å². The number of aliphatic hydroxyl groups excluding tert-OH is 1. The van der Waals surface area contributed by atoms with Gasteiger partial charge >= 0.3 is 0 Å². The fraction of sp³-hybridized carbons (Fsp3) is 0.538. The van der Waals surface area contributed by atoms with Crippen molar-refractivity contribution in [3.05, 3.63) is 35.4 Å². The predicted octanol–water partition coefficient (Wildman–Crippen LogP) is 2.16. The summed E-state index contributed by atoms with van der Waals surface area (Å²) in [6.45, 7) is 4.13. The first-order valence-corrected chi connectivity index (χ1v) is 5.64. The van der Waals surface area contributed by atoms with Crippen LogP contribution >= 0.6 is 0 Å². The van der Waals surface area contributed by atoms with E-state index in [0.29, 0.717) is 5.92 Å². The maximum absolute atomic E-state index is 9.72. The largest absolute Gasteiger partial charge is 0.389 e. The van der Waals surface area contributed by atoms with Crippen molar-refractivity contribution < 1.29 is 5.11 Å². The third kappa shape index (κ3) is 2.21. The third-order valence-electron chi connectivity index (χ3n) is 3.28. The highest BCUT2D eigenvalue weighted by Crippen LogP contribution is 2.31. The Morgan fingerprint density at radius 3 is 2.73 bits per heavy atom. The average molecular weight is 205 g/mol. The predicted molar refractivity (Wildman–Crippen MR) is 61.9 cm³/mol. The number of likely N-dealkylation sites (tertiary alicyclic amines) is 1. The number of hydrogen-bond acceptors (Lipinski definition) is 2. The first-order chi connectivity index (χ1) is 7.18. The third-order valence-corrected chi connectivity index (χ3v) is 3.28. The lowest BCUT2D eigenvalue weighted by Crippen LogP contribution is -2.14. The molecule has 1 aromatic rings. The first-order valence-electron chi connectivity index (χ1n) is 5.64. The second kappa shape index (κ2) is 4.33. The van der Waals surface area contributed by atoms with E-state index in [1.807, 2.05) is 19.1 Å². The highest BCUT2D eigenvalue weighted by atomic mass is 16.3. The topological polar surface area (TPSA) is 23.5 Å². The van der Waals surface area contributed by atoms with Gasteiger partial charge in [-0.3, -0.25) is 0 Å². The number of likely N-dealkylation sites (N-methyl/N-ethyl adjacent to an activating group) is 1. The molecule has 0 aliphatic carbocycles. The monoisotopic (exact) mass is 205 g/mol. The molecule has 1 aromatic carbocycles. The van der Waals surface area contributed by atoms with Crippen LogP contribution in [0.15, 0.2) is 24.3 Å². The van der Waals surface area contributed by atoms with E-state index in [1.54, 1.807) is 0 Å². The molecule has 0 radical (unpaired) electrons. The summed E-state index contributed by atoms with van der Waals surface area (Å²) in [5.74, 6) is 0.598. The van der Waals surface area contributed by atoms with Crippen LogP contribution in [0.2, 0.25) is 0 Å². The van der Waals surface area contributed by atoms with Gasteiger partial charge in [-0.25, -0.2) is 0 Å². The minimum Gasteiger partial charge on any atom is -0.389 e. The van der Waals surface area contributed by atoms with Gasteiger partial charge in [-0.1, -0.05) is 24.3 Å². The van der Waals surface area contributed by atoms with Gasteiger partial charge in [0.25, 0.3) is 0 Å². The van der Waals surface area contributed by atoms with Crippen molar-refractivity contribution in [2.24, 2.45) is 0 Å².